The van der Waals surface area contributed by atoms with Crippen molar-refractivity contribution in [3.05, 3.63) is 65.9 Å². The van der Waals surface area contributed by atoms with Crippen LogP contribution in [-0.2, 0) is 11.2 Å². The summed E-state index contributed by atoms with van der Waals surface area (Å²) >= 11 is 0. The molecule has 0 aliphatic rings. The van der Waals surface area contributed by atoms with Crippen LogP contribution in [0.4, 0.5) is 0 Å². The highest BCUT2D eigenvalue weighted by Gasteiger charge is 2.08. The maximum Gasteiger partial charge on any atom is 0.337 e. The lowest BCUT2D eigenvalue weighted by molar-refractivity contribution is 0.0601. The van der Waals surface area contributed by atoms with E-state index in [-0.39, 0.29) is 5.97 Å². The number of carbonyl (C=O) groups excluding carboxylic acids is 1. The highest BCUT2D eigenvalue weighted by molar-refractivity contribution is 5.91. The smallest absolute Gasteiger partial charge is 0.337 e. The number of hydrogen-bond acceptors (Lipinski definition) is 3. The molecule has 0 N–H and O–H groups in total. The fourth-order valence-corrected chi connectivity index (χ4v) is 2.58. The summed E-state index contributed by atoms with van der Waals surface area (Å²) in [6.45, 7) is 2.11. The molecular formula is C19H17NO2. The minimum atomic E-state index is -0.327. The van der Waals surface area contributed by atoms with E-state index in [9.17, 15) is 4.79 Å². The molecular weight excluding hydrogens is 274 g/mol. The van der Waals surface area contributed by atoms with Crippen molar-refractivity contribution in [2.45, 2.75) is 13.3 Å². The number of fused-ring (bicyclic) bond motifs is 1. The number of esters is 1. The molecule has 3 nitrogen and oxygen atoms in total. The Morgan fingerprint density at radius 2 is 1.82 bits per heavy atom. The highest BCUT2D eigenvalue weighted by atomic mass is 16.5. The Hall–Kier alpha value is -2.68. The molecule has 0 aliphatic heterocycles. The van der Waals surface area contributed by atoms with Crippen molar-refractivity contribution in [1.29, 1.82) is 0 Å². The van der Waals surface area contributed by atoms with Gasteiger partial charge in [0.1, 0.15) is 0 Å². The van der Waals surface area contributed by atoms with Crippen LogP contribution in [0.15, 0.2) is 54.6 Å². The van der Waals surface area contributed by atoms with Crippen LogP contribution in [0.25, 0.3) is 22.0 Å². The first-order valence-corrected chi connectivity index (χ1v) is 7.30. The number of aryl methyl sites for hydroxylation is 1. The Labute approximate surface area is 129 Å². The number of pyridine rings is 1. The summed E-state index contributed by atoms with van der Waals surface area (Å²) in [6, 6.07) is 17.7. The minimum Gasteiger partial charge on any atom is -0.465 e. The van der Waals surface area contributed by atoms with Gasteiger partial charge in [-0.25, -0.2) is 4.79 Å². The molecule has 3 rings (SSSR count). The zero-order valence-electron chi connectivity index (χ0n) is 12.7. The molecule has 0 unspecified atom stereocenters. The number of benzene rings is 2. The van der Waals surface area contributed by atoms with Gasteiger partial charge in [-0.15, -0.1) is 0 Å². The normalized spacial score (nSPS) is 10.6. The van der Waals surface area contributed by atoms with Crippen LogP contribution >= 0.6 is 0 Å². The number of ether oxygens (including phenoxy) is 1. The third kappa shape index (κ3) is 2.58. The van der Waals surface area contributed by atoms with Crippen molar-refractivity contribution in [1.82, 2.24) is 4.98 Å². The van der Waals surface area contributed by atoms with Gasteiger partial charge >= 0.3 is 5.97 Å². The Bertz CT molecular complexity index is 822. The molecule has 0 amide bonds. The third-order valence-electron chi connectivity index (χ3n) is 3.76. The fourth-order valence-electron chi connectivity index (χ4n) is 2.58. The molecule has 2 aromatic carbocycles. The van der Waals surface area contributed by atoms with E-state index in [2.05, 4.69) is 25.1 Å². The Kier molecular flexibility index (Phi) is 3.88. The summed E-state index contributed by atoms with van der Waals surface area (Å²) in [5.74, 6) is -0.327. The first-order valence-electron chi connectivity index (χ1n) is 7.30. The quantitative estimate of drug-likeness (QED) is 0.677. The fraction of sp³-hybridized carbons (Fsp3) is 0.158. The summed E-state index contributed by atoms with van der Waals surface area (Å²) in [6.07, 6.45) is 0.884. The maximum absolute atomic E-state index is 11.5. The molecule has 3 aromatic rings. The Balaban J connectivity index is 2.08. The molecule has 1 heterocycles. The van der Waals surface area contributed by atoms with Crippen LogP contribution in [-0.4, -0.2) is 18.1 Å². The molecule has 3 heteroatoms. The molecule has 22 heavy (non-hydrogen) atoms. The number of rotatable bonds is 3. The molecule has 1 aromatic heterocycles. The molecule has 0 atom stereocenters. The standard InChI is InChI=1S/C19H17NO2/c1-3-17-16-7-5-4-6-15(16)12-18(20-17)13-8-10-14(11-9-13)19(21)22-2/h4-12H,3H2,1-2H3. The lowest BCUT2D eigenvalue weighted by Gasteiger charge is -2.09. The topological polar surface area (TPSA) is 39.2 Å². The summed E-state index contributed by atoms with van der Waals surface area (Å²) in [5.41, 5.74) is 3.55. The van der Waals surface area contributed by atoms with Crippen LogP contribution in [0.2, 0.25) is 0 Å². The first kappa shape index (κ1) is 14.3. The zero-order valence-corrected chi connectivity index (χ0v) is 12.7. The summed E-state index contributed by atoms with van der Waals surface area (Å²) in [5, 5.41) is 2.38. The average Bonchev–Trinajstić information content (AvgIpc) is 2.60. The van der Waals surface area contributed by atoms with Crippen molar-refractivity contribution < 1.29 is 9.53 Å². The monoisotopic (exact) mass is 291 g/mol. The van der Waals surface area contributed by atoms with E-state index in [4.69, 9.17) is 9.72 Å². The van der Waals surface area contributed by atoms with Crippen LogP contribution in [0.1, 0.15) is 23.0 Å². The molecule has 0 aliphatic carbocycles. The largest absolute Gasteiger partial charge is 0.465 e. The molecule has 0 bridgehead atoms. The summed E-state index contributed by atoms with van der Waals surface area (Å²) < 4.78 is 4.72. The molecule has 0 radical (unpaired) electrons. The Morgan fingerprint density at radius 1 is 1.09 bits per heavy atom. The van der Waals surface area contributed by atoms with Gasteiger partial charge in [-0.05, 0) is 30.0 Å². The minimum absolute atomic E-state index is 0.327. The van der Waals surface area contributed by atoms with Crippen molar-refractivity contribution in [3.8, 4) is 11.3 Å². The van der Waals surface area contributed by atoms with Gasteiger partial charge in [0.25, 0.3) is 0 Å². The van der Waals surface area contributed by atoms with E-state index in [1.165, 1.54) is 17.9 Å². The van der Waals surface area contributed by atoms with Crippen molar-refractivity contribution >= 4 is 16.7 Å². The SMILES string of the molecule is CCc1nc(-c2ccc(C(=O)OC)cc2)cc2ccccc12. The van der Waals surface area contributed by atoms with Gasteiger partial charge in [0.15, 0.2) is 0 Å². The summed E-state index contributed by atoms with van der Waals surface area (Å²) in [7, 11) is 1.38. The summed E-state index contributed by atoms with van der Waals surface area (Å²) in [4.78, 5) is 16.3. The number of methoxy groups -OCH3 is 1. The van der Waals surface area contributed by atoms with E-state index < -0.39 is 0 Å². The maximum atomic E-state index is 11.5. The third-order valence-corrected chi connectivity index (χ3v) is 3.76. The van der Waals surface area contributed by atoms with E-state index in [1.807, 2.05) is 24.3 Å². The van der Waals surface area contributed by atoms with Gasteiger partial charge in [-0.1, -0.05) is 43.3 Å². The highest BCUT2D eigenvalue weighted by Crippen LogP contribution is 2.25. The average molecular weight is 291 g/mol. The van der Waals surface area contributed by atoms with Gasteiger partial charge < -0.3 is 4.74 Å². The van der Waals surface area contributed by atoms with Gasteiger partial charge in [0.05, 0.1) is 18.4 Å². The molecule has 0 saturated heterocycles. The van der Waals surface area contributed by atoms with Crippen LogP contribution in [0.5, 0.6) is 0 Å². The van der Waals surface area contributed by atoms with E-state index in [0.717, 1.165) is 23.4 Å². The second-order valence-corrected chi connectivity index (χ2v) is 5.10. The number of nitrogens with zero attached hydrogens (tertiary/aromatic N) is 1. The zero-order chi connectivity index (χ0) is 15.5. The van der Waals surface area contributed by atoms with Crippen molar-refractivity contribution in [2.75, 3.05) is 7.11 Å². The van der Waals surface area contributed by atoms with E-state index in [0.29, 0.717) is 5.56 Å². The van der Waals surface area contributed by atoms with Gasteiger partial charge in [-0.3, -0.25) is 4.98 Å². The molecule has 0 spiro atoms. The number of aromatic nitrogens is 1. The van der Waals surface area contributed by atoms with Crippen molar-refractivity contribution in [2.24, 2.45) is 0 Å². The lowest BCUT2D eigenvalue weighted by atomic mass is 10.0. The van der Waals surface area contributed by atoms with Crippen molar-refractivity contribution in [3.63, 3.8) is 0 Å². The molecule has 0 fully saturated rings. The second kappa shape index (κ2) is 5.98. The molecule has 110 valence electrons. The lowest BCUT2D eigenvalue weighted by Crippen LogP contribution is -2.00. The predicted octanol–water partition coefficient (Wildman–Crippen LogP) is 4.25. The van der Waals surface area contributed by atoms with Crippen LogP contribution in [0.3, 0.4) is 0 Å². The molecule has 0 saturated carbocycles. The van der Waals surface area contributed by atoms with Gasteiger partial charge in [-0.2, -0.15) is 0 Å². The second-order valence-electron chi connectivity index (χ2n) is 5.10. The number of hydrogen-bond donors (Lipinski definition) is 0. The Morgan fingerprint density at radius 3 is 2.50 bits per heavy atom. The van der Waals surface area contributed by atoms with Crippen LogP contribution in [0, 0.1) is 0 Å². The number of carbonyl (C=O) groups is 1. The van der Waals surface area contributed by atoms with Gasteiger partial charge in [0.2, 0.25) is 0 Å². The van der Waals surface area contributed by atoms with Crippen LogP contribution < -0.4 is 0 Å². The predicted molar refractivity (Wildman–Crippen MR) is 87.9 cm³/mol. The first-order chi connectivity index (χ1) is 10.7. The van der Waals surface area contributed by atoms with Gasteiger partial charge in [0, 0.05) is 16.6 Å². The van der Waals surface area contributed by atoms with E-state index >= 15 is 0 Å². The van der Waals surface area contributed by atoms with E-state index in [1.54, 1.807) is 12.1 Å².